The molecule has 0 radical (unpaired) electrons. The number of halogens is 12. The molecular weight excluding hydrogens is 643 g/mol. The fraction of sp³-hybridized carbons (Fsp3) is 0.286. The van der Waals surface area contributed by atoms with Crippen LogP contribution in [-0.2, 0) is 5.92 Å². The van der Waals surface area contributed by atoms with Gasteiger partial charge in [-0.2, -0.15) is 35.1 Å². The normalized spacial score (nSPS) is 17.2. The van der Waals surface area contributed by atoms with Gasteiger partial charge in [-0.15, -0.1) is 0 Å². The van der Waals surface area contributed by atoms with Crippen LogP contribution in [0.5, 0.6) is 0 Å². The lowest BCUT2D eigenvalue weighted by atomic mass is 10.2. The van der Waals surface area contributed by atoms with Crippen molar-refractivity contribution >= 4 is 78.6 Å². The van der Waals surface area contributed by atoms with Crippen molar-refractivity contribution < 1.29 is 35.1 Å². The van der Waals surface area contributed by atoms with Crippen LogP contribution in [0.1, 0.15) is 5.69 Å². The zero-order valence-electron chi connectivity index (χ0n) is 13.6. The van der Waals surface area contributed by atoms with Crippen LogP contribution in [0.4, 0.5) is 35.1 Å². The van der Waals surface area contributed by atoms with Gasteiger partial charge in [-0.3, -0.25) is 4.98 Å². The van der Waals surface area contributed by atoms with Crippen molar-refractivity contribution in [1.29, 1.82) is 0 Å². The summed E-state index contributed by atoms with van der Waals surface area (Å²) in [5.74, 6) is -4.22. The third kappa shape index (κ3) is 5.66. The lowest BCUT2D eigenvalue weighted by Gasteiger charge is -2.20. The molecular formula is C14H4Br2Cl2F8N2S2. The summed E-state index contributed by atoms with van der Waals surface area (Å²) in [6.07, 6.45) is 2.14. The van der Waals surface area contributed by atoms with E-state index in [1.54, 1.807) is 15.9 Å². The van der Waals surface area contributed by atoms with Gasteiger partial charge in [-0.05, 0) is 67.5 Å². The van der Waals surface area contributed by atoms with Crippen LogP contribution >= 0.6 is 78.6 Å². The van der Waals surface area contributed by atoms with Gasteiger partial charge in [0.25, 0.3) is 0 Å². The van der Waals surface area contributed by atoms with E-state index < -0.39 is 27.0 Å². The Morgan fingerprint density at radius 1 is 0.967 bits per heavy atom. The van der Waals surface area contributed by atoms with Crippen molar-refractivity contribution in [3.8, 4) is 0 Å². The van der Waals surface area contributed by atoms with Crippen LogP contribution in [0, 0.1) is 0 Å². The second-order valence-corrected chi connectivity index (χ2v) is 10.2. The number of hydrogen-bond donors (Lipinski definition) is 0. The molecule has 3 rings (SSSR count). The topological polar surface area (TPSA) is 25.8 Å². The van der Waals surface area contributed by atoms with Crippen molar-refractivity contribution in [2.24, 2.45) is 0 Å². The Labute approximate surface area is 198 Å². The number of thioether (sulfide) groups is 2. The van der Waals surface area contributed by atoms with Crippen LogP contribution in [0.25, 0.3) is 0 Å². The summed E-state index contributed by atoms with van der Waals surface area (Å²) in [5, 5.41) is -8.31. The summed E-state index contributed by atoms with van der Waals surface area (Å²) >= 11 is 14.9. The summed E-state index contributed by atoms with van der Waals surface area (Å²) in [5.41, 5.74) is -0.906. The molecule has 166 valence electrons. The number of alkyl halides is 9. The van der Waals surface area contributed by atoms with Crippen molar-refractivity contribution in [2.75, 3.05) is 0 Å². The predicted molar refractivity (Wildman–Crippen MR) is 106 cm³/mol. The van der Waals surface area contributed by atoms with E-state index in [1.807, 2.05) is 0 Å². The van der Waals surface area contributed by atoms with E-state index in [0.717, 1.165) is 18.3 Å². The average molecular weight is 647 g/mol. The molecule has 0 aliphatic carbocycles. The van der Waals surface area contributed by atoms with Crippen molar-refractivity contribution in [2.45, 2.75) is 31.1 Å². The summed E-state index contributed by atoms with van der Waals surface area (Å²) in [6, 6.07) is 2.18. The average Bonchev–Trinajstić information content (AvgIpc) is 2.74. The lowest BCUT2D eigenvalue weighted by Crippen LogP contribution is -2.31. The quantitative estimate of drug-likeness (QED) is 0.144. The van der Waals surface area contributed by atoms with Gasteiger partial charge in [0.2, 0.25) is 0 Å². The molecule has 30 heavy (non-hydrogen) atoms. The molecule has 0 N–H and O–H groups in total. The Kier molecular flexibility index (Phi) is 7.94. The highest BCUT2D eigenvalue weighted by molar-refractivity contribution is 9.10. The molecule has 0 aromatic carbocycles. The minimum Gasteiger partial charge on any atom is -0.252 e. The second-order valence-electron chi connectivity index (χ2n) is 5.25. The Bertz CT molecular complexity index is 947. The first kappa shape index (κ1) is 26.2. The molecule has 0 bridgehead atoms. The fourth-order valence-electron chi connectivity index (χ4n) is 1.75. The molecule has 0 unspecified atom stereocenters. The van der Waals surface area contributed by atoms with Crippen LogP contribution in [-0.4, -0.2) is 25.3 Å². The predicted octanol–water partition coefficient (Wildman–Crippen LogP) is 8.70. The van der Waals surface area contributed by atoms with Gasteiger partial charge in [0.05, 0.1) is 10.0 Å². The zero-order valence-corrected chi connectivity index (χ0v) is 19.9. The van der Waals surface area contributed by atoms with Crippen molar-refractivity contribution in [1.82, 2.24) is 9.97 Å². The van der Waals surface area contributed by atoms with E-state index in [0.29, 0.717) is 0 Å². The molecule has 0 fully saturated rings. The third-order valence-electron chi connectivity index (χ3n) is 3.06. The highest BCUT2D eigenvalue weighted by atomic mass is 79.9. The van der Waals surface area contributed by atoms with E-state index in [1.165, 1.54) is 6.20 Å². The fourth-order valence-corrected chi connectivity index (χ4v) is 4.57. The number of rotatable bonds is 3. The maximum atomic E-state index is 13.0. The molecule has 1 aliphatic rings. The summed E-state index contributed by atoms with van der Waals surface area (Å²) in [4.78, 5) is 2.09. The van der Waals surface area contributed by atoms with Gasteiger partial charge in [0, 0.05) is 22.2 Å². The standard InChI is InChI=1S/C7H2Br2ClF4NS.C7H2ClF4NS/c8-5-4(1-3(10)2-15-5)16-7(13,14)6(9,11)12;8-3-1-4-5(13-2-3)6(9,10)7(11,12)14-4/h1-2H;1-2H. The monoisotopic (exact) mass is 644 g/mol. The van der Waals surface area contributed by atoms with E-state index >= 15 is 0 Å². The highest BCUT2D eigenvalue weighted by Crippen LogP contribution is 2.60. The Balaban J connectivity index is 0.000000215. The Hall–Kier alpha value is -0.0200. The molecule has 0 saturated carbocycles. The number of fused-ring (bicyclic) bond motifs is 1. The minimum absolute atomic E-state index is 0.0262. The minimum atomic E-state index is -4.31. The number of nitrogens with zero attached hydrogens (tertiary/aromatic N) is 2. The molecule has 16 heteroatoms. The molecule has 2 nitrogen and oxygen atoms in total. The van der Waals surface area contributed by atoms with Crippen molar-refractivity contribution in [3.63, 3.8) is 0 Å². The number of aromatic nitrogens is 2. The van der Waals surface area contributed by atoms with E-state index in [9.17, 15) is 35.1 Å². The Morgan fingerprint density at radius 3 is 2.07 bits per heavy atom. The maximum Gasteiger partial charge on any atom is 0.373 e. The molecule has 1 aliphatic heterocycles. The highest BCUT2D eigenvalue weighted by Gasteiger charge is 2.65. The number of pyridine rings is 2. The van der Waals surface area contributed by atoms with E-state index in [4.69, 9.17) is 23.2 Å². The van der Waals surface area contributed by atoms with Gasteiger partial charge in [0.15, 0.2) is 0 Å². The van der Waals surface area contributed by atoms with E-state index in [2.05, 4.69) is 25.9 Å². The van der Waals surface area contributed by atoms with Crippen LogP contribution in [0.2, 0.25) is 10.0 Å². The second kappa shape index (κ2) is 9.08. The maximum absolute atomic E-state index is 13.0. The first-order valence-corrected chi connectivity index (χ1v) is 11.0. The molecule has 2 aromatic heterocycles. The molecule has 0 amide bonds. The molecule has 0 atom stereocenters. The summed E-state index contributed by atoms with van der Waals surface area (Å²) in [7, 11) is 0. The lowest BCUT2D eigenvalue weighted by molar-refractivity contribution is -0.157. The van der Waals surface area contributed by atoms with Gasteiger partial charge < -0.3 is 0 Å². The molecule has 2 aromatic rings. The first-order valence-electron chi connectivity index (χ1n) is 7.03. The summed E-state index contributed by atoms with van der Waals surface area (Å²) in [6.45, 7) is 0. The largest absolute Gasteiger partial charge is 0.373 e. The first-order chi connectivity index (χ1) is 13.5. The number of hydrogen-bond acceptors (Lipinski definition) is 4. The summed E-state index contributed by atoms with van der Waals surface area (Å²) < 4.78 is 103. The smallest absolute Gasteiger partial charge is 0.252 e. The molecule has 3 heterocycles. The van der Waals surface area contributed by atoms with Gasteiger partial charge >= 0.3 is 21.3 Å². The van der Waals surface area contributed by atoms with Crippen LogP contribution in [0.3, 0.4) is 0 Å². The van der Waals surface area contributed by atoms with Crippen molar-refractivity contribution in [3.05, 3.63) is 44.9 Å². The molecule has 0 spiro atoms. The van der Waals surface area contributed by atoms with Gasteiger partial charge in [-0.1, -0.05) is 23.2 Å². The van der Waals surface area contributed by atoms with Crippen LogP contribution < -0.4 is 0 Å². The molecule has 0 saturated heterocycles. The Morgan fingerprint density at radius 2 is 1.50 bits per heavy atom. The van der Waals surface area contributed by atoms with Gasteiger partial charge in [0.1, 0.15) is 10.3 Å². The van der Waals surface area contributed by atoms with Crippen LogP contribution in [0.15, 0.2) is 38.9 Å². The van der Waals surface area contributed by atoms with Gasteiger partial charge in [-0.25, -0.2) is 4.98 Å². The van der Waals surface area contributed by atoms with E-state index in [-0.39, 0.29) is 48.0 Å². The zero-order chi connectivity index (χ0) is 23.1. The SMILES string of the molecule is FC(F)(Br)C(F)(F)Sc1cc(Cl)cnc1Br.FC1(F)Sc2cc(Cl)cnc2C1(F)F. The third-order valence-corrected chi connectivity index (χ3v) is 7.22.